The molecule has 1 aliphatic carbocycles. The van der Waals surface area contributed by atoms with Crippen LogP contribution in [0, 0.1) is 5.92 Å². The van der Waals surface area contributed by atoms with Crippen LogP contribution in [0.5, 0.6) is 0 Å². The van der Waals surface area contributed by atoms with Gasteiger partial charge in [-0.2, -0.15) is 0 Å². The van der Waals surface area contributed by atoms with Gasteiger partial charge in [0.1, 0.15) is 0 Å². The van der Waals surface area contributed by atoms with Crippen molar-refractivity contribution in [1.29, 1.82) is 0 Å². The third-order valence-corrected chi connectivity index (χ3v) is 3.18. The van der Waals surface area contributed by atoms with Crippen LogP contribution in [0.25, 0.3) is 0 Å². The zero-order chi connectivity index (χ0) is 13.5. The molecule has 0 aromatic carbocycles. The molecule has 3 N–H and O–H groups in total. The first-order valence-electron chi connectivity index (χ1n) is 6.86. The van der Waals surface area contributed by atoms with E-state index in [9.17, 15) is 4.79 Å². The lowest BCUT2D eigenvalue weighted by Gasteiger charge is -2.07. The summed E-state index contributed by atoms with van der Waals surface area (Å²) in [4.78, 5) is 15.6. The van der Waals surface area contributed by atoms with E-state index in [0.29, 0.717) is 12.5 Å². The van der Waals surface area contributed by atoms with E-state index in [0.717, 1.165) is 31.4 Å². The summed E-state index contributed by atoms with van der Waals surface area (Å²) in [7, 11) is 0. The second kappa shape index (κ2) is 7.04. The zero-order valence-electron chi connectivity index (χ0n) is 11.1. The van der Waals surface area contributed by atoms with Crippen LogP contribution in [-0.2, 0) is 4.79 Å². The Bertz CT molecular complexity index is 426. The molecular formula is C15H21N3O. The van der Waals surface area contributed by atoms with Crippen molar-refractivity contribution in [2.75, 3.05) is 6.54 Å². The molecule has 1 fully saturated rings. The lowest BCUT2D eigenvalue weighted by atomic mass is 10.1. The molecule has 1 aliphatic rings. The Kier molecular flexibility index (Phi) is 5.10. The summed E-state index contributed by atoms with van der Waals surface area (Å²) >= 11 is 0. The van der Waals surface area contributed by atoms with Crippen LogP contribution >= 0.6 is 0 Å². The van der Waals surface area contributed by atoms with E-state index in [-0.39, 0.29) is 11.9 Å². The monoisotopic (exact) mass is 259 g/mol. The number of carbonyl (C=O) groups is 1. The van der Waals surface area contributed by atoms with Crippen LogP contribution in [-0.4, -0.2) is 17.4 Å². The van der Waals surface area contributed by atoms with Gasteiger partial charge in [0.25, 0.3) is 0 Å². The number of hydrogen-bond donors (Lipinski definition) is 2. The number of hydrogen-bond acceptors (Lipinski definition) is 3. The summed E-state index contributed by atoms with van der Waals surface area (Å²) in [6, 6.07) is 5.71. The maximum absolute atomic E-state index is 11.4. The Morgan fingerprint density at radius 3 is 3.00 bits per heavy atom. The first-order chi connectivity index (χ1) is 9.27. The largest absolute Gasteiger partial charge is 0.356 e. The lowest BCUT2D eigenvalue weighted by molar-refractivity contribution is -0.122. The molecule has 1 amide bonds. The van der Waals surface area contributed by atoms with Crippen LogP contribution in [0.1, 0.15) is 37.4 Å². The fourth-order valence-electron chi connectivity index (χ4n) is 1.85. The van der Waals surface area contributed by atoms with Crippen LogP contribution < -0.4 is 11.1 Å². The van der Waals surface area contributed by atoms with Gasteiger partial charge in [0.2, 0.25) is 5.91 Å². The summed E-state index contributed by atoms with van der Waals surface area (Å²) in [6.45, 7) is 0.713. The van der Waals surface area contributed by atoms with E-state index in [1.807, 2.05) is 18.2 Å². The number of pyridine rings is 1. The van der Waals surface area contributed by atoms with E-state index < -0.39 is 0 Å². The molecular weight excluding hydrogens is 238 g/mol. The minimum absolute atomic E-state index is 0.0569. The van der Waals surface area contributed by atoms with Gasteiger partial charge < -0.3 is 11.1 Å². The van der Waals surface area contributed by atoms with E-state index >= 15 is 0 Å². The van der Waals surface area contributed by atoms with Gasteiger partial charge in [-0.3, -0.25) is 9.78 Å². The van der Waals surface area contributed by atoms with Gasteiger partial charge in [0.15, 0.2) is 0 Å². The second-order valence-electron chi connectivity index (χ2n) is 4.92. The predicted octanol–water partition coefficient (Wildman–Crippen LogP) is 1.94. The van der Waals surface area contributed by atoms with Crippen molar-refractivity contribution in [3.8, 4) is 0 Å². The minimum Gasteiger partial charge on any atom is -0.356 e. The molecule has 2 rings (SSSR count). The van der Waals surface area contributed by atoms with Crippen LogP contribution in [0.4, 0.5) is 0 Å². The molecule has 0 saturated heterocycles. The standard InChI is InChI=1S/C15H21N3O/c16-13(14-7-3-5-10-17-14)6-2-1-4-11-18-15(19)12-8-9-12/h1-3,5,7,10,12-13H,4,6,8-9,11,16H2,(H,18,19)/b2-1+/t13-/m0/s1. The quantitative estimate of drug-likeness (QED) is 0.581. The summed E-state index contributed by atoms with van der Waals surface area (Å²) in [6.07, 6.45) is 9.62. The average Bonchev–Trinajstić information content (AvgIpc) is 3.27. The smallest absolute Gasteiger partial charge is 0.223 e. The van der Waals surface area contributed by atoms with E-state index in [4.69, 9.17) is 5.73 Å². The summed E-state index contributed by atoms with van der Waals surface area (Å²) in [5, 5.41) is 2.93. The minimum atomic E-state index is -0.0569. The predicted molar refractivity (Wildman–Crippen MR) is 75.3 cm³/mol. The highest BCUT2D eigenvalue weighted by atomic mass is 16.2. The van der Waals surface area contributed by atoms with Gasteiger partial charge in [0.05, 0.1) is 11.7 Å². The molecule has 4 nitrogen and oxygen atoms in total. The Labute approximate surface area is 114 Å². The van der Waals surface area contributed by atoms with E-state index in [2.05, 4.69) is 22.5 Å². The molecule has 0 spiro atoms. The van der Waals surface area contributed by atoms with E-state index in [1.165, 1.54) is 0 Å². The molecule has 4 heteroatoms. The molecule has 0 bridgehead atoms. The average molecular weight is 259 g/mol. The molecule has 102 valence electrons. The van der Waals surface area contributed by atoms with Crippen molar-refractivity contribution in [1.82, 2.24) is 10.3 Å². The van der Waals surface area contributed by atoms with Gasteiger partial charge in [-0.15, -0.1) is 0 Å². The number of nitrogens with two attached hydrogens (primary N) is 1. The van der Waals surface area contributed by atoms with Crippen molar-refractivity contribution in [2.24, 2.45) is 11.7 Å². The molecule has 1 aromatic rings. The maximum atomic E-state index is 11.4. The highest BCUT2D eigenvalue weighted by Gasteiger charge is 2.28. The first kappa shape index (κ1) is 13.7. The lowest BCUT2D eigenvalue weighted by Crippen LogP contribution is -2.25. The third kappa shape index (κ3) is 4.83. The highest BCUT2D eigenvalue weighted by Crippen LogP contribution is 2.28. The molecule has 0 radical (unpaired) electrons. The fourth-order valence-corrected chi connectivity index (χ4v) is 1.85. The molecule has 1 atom stereocenters. The Morgan fingerprint density at radius 1 is 1.47 bits per heavy atom. The maximum Gasteiger partial charge on any atom is 0.223 e. The number of rotatable bonds is 7. The van der Waals surface area contributed by atoms with Gasteiger partial charge in [0, 0.05) is 18.7 Å². The summed E-state index contributed by atoms with van der Waals surface area (Å²) in [5.41, 5.74) is 6.93. The van der Waals surface area contributed by atoms with Gasteiger partial charge in [-0.05, 0) is 37.8 Å². The normalized spacial score (nSPS) is 16.5. The summed E-state index contributed by atoms with van der Waals surface area (Å²) < 4.78 is 0. The topological polar surface area (TPSA) is 68.0 Å². The van der Waals surface area contributed by atoms with Gasteiger partial charge in [-0.1, -0.05) is 18.2 Å². The van der Waals surface area contributed by atoms with Crippen molar-refractivity contribution >= 4 is 5.91 Å². The molecule has 1 saturated carbocycles. The number of nitrogens with zero attached hydrogens (tertiary/aromatic N) is 1. The number of aromatic nitrogens is 1. The van der Waals surface area contributed by atoms with Crippen molar-refractivity contribution in [3.05, 3.63) is 42.2 Å². The van der Waals surface area contributed by atoms with E-state index in [1.54, 1.807) is 6.20 Å². The number of amides is 1. The summed E-state index contributed by atoms with van der Waals surface area (Å²) in [5.74, 6) is 0.500. The van der Waals surface area contributed by atoms with Gasteiger partial charge >= 0.3 is 0 Å². The first-order valence-corrected chi connectivity index (χ1v) is 6.86. The molecule has 0 aliphatic heterocycles. The third-order valence-electron chi connectivity index (χ3n) is 3.18. The number of carbonyl (C=O) groups excluding carboxylic acids is 1. The zero-order valence-corrected chi connectivity index (χ0v) is 11.1. The van der Waals surface area contributed by atoms with Crippen LogP contribution in [0.15, 0.2) is 36.5 Å². The van der Waals surface area contributed by atoms with Crippen molar-refractivity contribution in [3.63, 3.8) is 0 Å². The Balaban J connectivity index is 1.59. The number of nitrogens with one attached hydrogen (secondary N) is 1. The van der Waals surface area contributed by atoms with Gasteiger partial charge in [-0.25, -0.2) is 0 Å². The Hall–Kier alpha value is -1.68. The molecule has 19 heavy (non-hydrogen) atoms. The molecule has 1 heterocycles. The fraction of sp³-hybridized carbons (Fsp3) is 0.467. The molecule has 1 aromatic heterocycles. The van der Waals surface area contributed by atoms with Crippen LogP contribution in [0.2, 0.25) is 0 Å². The second-order valence-corrected chi connectivity index (χ2v) is 4.92. The Morgan fingerprint density at radius 2 is 2.32 bits per heavy atom. The molecule has 0 unspecified atom stereocenters. The van der Waals surface area contributed by atoms with Crippen molar-refractivity contribution < 1.29 is 4.79 Å². The highest BCUT2D eigenvalue weighted by molar-refractivity contribution is 5.80. The van der Waals surface area contributed by atoms with Crippen molar-refractivity contribution in [2.45, 2.75) is 31.7 Å². The van der Waals surface area contributed by atoms with Crippen LogP contribution in [0.3, 0.4) is 0 Å². The SMILES string of the molecule is N[C@@H](C/C=C/CCNC(=O)C1CC1)c1ccccn1.